The minimum absolute atomic E-state index is 0.0165. The average molecular weight is 424 g/mol. The van der Waals surface area contributed by atoms with Crippen molar-refractivity contribution in [3.63, 3.8) is 0 Å². The van der Waals surface area contributed by atoms with E-state index in [0.717, 1.165) is 11.3 Å². The van der Waals surface area contributed by atoms with Crippen molar-refractivity contribution in [2.45, 2.75) is 11.8 Å². The predicted octanol–water partition coefficient (Wildman–Crippen LogP) is 2.53. The topological polar surface area (TPSA) is 122 Å². The second kappa shape index (κ2) is 7.08. The molecule has 0 radical (unpaired) electrons. The molecule has 1 aliphatic heterocycles. The summed E-state index contributed by atoms with van der Waals surface area (Å²) in [6.07, 6.45) is 1.58. The fourth-order valence-electron chi connectivity index (χ4n) is 3.44. The number of aromatic nitrogens is 2. The van der Waals surface area contributed by atoms with E-state index < -0.39 is 10.0 Å². The fourth-order valence-corrected chi connectivity index (χ4v) is 3.96. The predicted molar refractivity (Wildman–Crippen MR) is 115 cm³/mol. The van der Waals surface area contributed by atoms with Crippen LogP contribution in [-0.4, -0.2) is 38.4 Å². The van der Waals surface area contributed by atoms with Gasteiger partial charge in [-0.3, -0.25) is 4.79 Å². The molecule has 9 nitrogen and oxygen atoms in total. The van der Waals surface area contributed by atoms with E-state index in [4.69, 9.17) is 5.14 Å². The molecule has 0 bridgehead atoms. The summed E-state index contributed by atoms with van der Waals surface area (Å²) in [5.41, 5.74) is 3.51. The second-order valence-corrected chi connectivity index (χ2v) is 8.55. The summed E-state index contributed by atoms with van der Waals surface area (Å²) in [6, 6.07) is 11.6. The third-order valence-corrected chi connectivity index (χ3v) is 5.91. The molecule has 2 heterocycles. The molecule has 1 amide bonds. The van der Waals surface area contributed by atoms with Gasteiger partial charge in [-0.05, 0) is 42.8 Å². The van der Waals surface area contributed by atoms with Crippen LogP contribution in [0.1, 0.15) is 15.9 Å². The normalized spacial score (nSPS) is 13.5. The van der Waals surface area contributed by atoms with Crippen LogP contribution in [0.25, 0.3) is 0 Å². The molecule has 3 N–H and O–H groups in total. The molecule has 0 atom stereocenters. The Labute approximate surface area is 174 Å². The van der Waals surface area contributed by atoms with Gasteiger partial charge >= 0.3 is 0 Å². The highest BCUT2D eigenvalue weighted by Gasteiger charge is 2.29. The van der Waals surface area contributed by atoms with E-state index in [1.54, 1.807) is 31.4 Å². The number of hydrogen-bond donors (Lipinski definition) is 2. The molecule has 1 aliphatic rings. The van der Waals surface area contributed by atoms with Crippen LogP contribution in [0, 0.1) is 6.92 Å². The molecule has 2 aromatic carbocycles. The molecule has 0 saturated heterocycles. The maximum Gasteiger partial charge on any atom is 0.260 e. The van der Waals surface area contributed by atoms with Gasteiger partial charge in [-0.25, -0.2) is 18.5 Å². The number of rotatable bonds is 3. The van der Waals surface area contributed by atoms with E-state index in [1.807, 2.05) is 31.0 Å². The molecule has 4 rings (SSSR count). The zero-order valence-electron chi connectivity index (χ0n) is 16.6. The van der Waals surface area contributed by atoms with E-state index in [0.29, 0.717) is 28.7 Å². The number of nitrogens with one attached hydrogen (secondary N) is 1. The number of nitrogens with zero attached hydrogens (tertiary/aromatic N) is 4. The van der Waals surface area contributed by atoms with Crippen LogP contribution in [0.5, 0.6) is 0 Å². The Morgan fingerprint density at radius 1 is 1.03 bits per heavy atom. The summed E-state index contributed by atoms with van der Waals surface area (Å²) in [5.74, 6) is 0.738. The van der Waals surface area contributed by atoms with Crippen LogP contribution >= 0.6 is 0 Å². The van der Waals surface area contributed by atoms with Crippen LogP contribution in [-0.2, 0) is 10.0 Å². The molecule has 0 unspecified atom stereocenters. The minimum Gasteiger partial charge on any atom is -0.327 e. The number of aryl methyl sites for hydroxylation is 1. The van der Waals surface area contributed by atoms with E-state index >= 15 is 0 Å². The lowest BCUT2D eigenvalue weighted by Gasteiger charge is -2.22. The van der Waals surface area contributed by atoms with Crippen molar-refractivity contribution < 1.29 is 13.2 Å². The first-order chi connectivity index (χ1) is 14.2. The Morgan fingerprint density at radius 2 is 1.73 bits per heavy atom. The largest absolute Gasteiger partial charge is 0.327 e. The van der Waals surface area contributed by atoms with E-state index in [9.17, 15) is 13.2 Å². The number of para-hydroxylation sites is 1. The van der Waals surface area contributed by atoms with Gasteiger partial charge in [-0.1, -0.05) is 12.1 Å². The maximum absolute atomic E-state index is 13.0. The van der Waals surface area contributed by atoms with Crippen LogP contribution in [0.3, 0.4) is 0 Å². The van der Waals surface area contributed by atoms with E-state index in [2.05, 4.69) is 15.3 Å². The lowest BCUT2D eigenvalue weighted by atomic mass is 10.1. The number of hydrogen-bond acceptors (Lipinski definition) is 7. The van der Waals surface area contributed by atoms with Gasteiger partial charge in [-0.2, -0.15) is 4.98 Å². The number of nitrogens with two attached hydrogens (primary N) is 1. The van der Waals surface area contributed by atoms with Crippen molar-refractivity contribution in [3.05, 3.63) is 59.8 Å². The summed E-state index contributed by atoms with van der Waals surface area (Å²) < 4.78 is 22.8. The lowest BCUT2D eigenvalue weighted by Crippen LogP contribution is -2.25. The van der Waals surface area contributed by atoms with Gasteiger partial charge in [0.05, 0.1) is 22.3 Å². The number of benzene rings is 2. The van der Waals surface area contributed by atoms with Crippen molar-refractivity contribution in [1.29, 1.82) is 0 Å². The summed E-state index contributed by atoms with van der Waals surface area (Å²) in [4.78, 5) is 25.3. The molecule has 0 spiro atoms. The molecular weight excluding hydrogens is 404 g/mol. The van der Waals surface area contributed by atoms with E-state index in [-0.39, 0.29) is 10.8 Å². The van der Waals surface area contributed by atoms with Gasteiger partial charge in [0.1, 0.15) is 5.69 Å². The van der Waals surface area contributed by atoms with Gasteiger partial charge in [0.15, 0.2) is 5.82 Å². The molecule has 3 aromatic rings. The van der Waals surface area contributed by atoms with Crippen molar-refractivity contribution >= 4 is 44.8 Å². The third kappa shape index (κ3) is 3.36. The van der Waals surface area contributed by atoms with Gasteiger partial charge in [0.25, 0.3) is 5.91 Å². The SMILES string of the molecule is Cc1cccc2c1N(C)c1nc(Nc3ccc(S(N)(=O)=O)cc3)ncc1N(C)C2=O. The number of amides is 1. The molecule has 154 valence electrons. The van der Waals surface area contributed by atoms with Gasteiger partial charge in [-0.15, -0.1) is 0 Å². The zero-order valence-corrected chi connectivity index (χ0v) is 17.4. The molecule has 0 saturated carbocycles. The first-order valence-electron chi connectivity index (χ1n) is 9.05. The summed E-state index contributed by atoms with van der Waals surface area (Å²) in [5, 5.41) is 8.18. The van der Waals surface area contributed by atoms with Crippen molar-refractivity contribution in [3.8, 4) is 0 Å². The zero-order chi connectivity index (χ0) is 21.6. The number of carbonyl (C=O) groups excluding carboxylic acids is 1. The van der Waals surface area contributed by atoms with Gasteiger partial charge in [0.2, 0.25) is 16.0 Å². The van der Waals surface area contributed by atoms with E-state index in [1.165, 1.54) is 17.0 Å². The third-order valence-electron chi connectivity index (χ3n) is 4.98. The van der Waals surface area contributed by atoms with Crippen LogP contribution in [0.15, 0.2) is 53.6 Å². The van der Waals surface area contributed by atoms with Crippen molar-refractivity contribution in [2.24, 2.45) is 5.14 Å². The molecule has 30 heavy (non-hydrogen) atoms. The highest BCUT2D eigenvalue weighted by molar-refractivity contribution is 7.89. The van der Waals surface area contributed by atoms with Crippen molar-refractivity contribution in [2.75, 3.05) is 29.2 Å². The van der Waals surface area contributed by atoms with Gasteiger partial charge in [0, 0.05) is 19.8 Å². The monoisotopic (exact) mass is 424 g/mol. The van der Waals surface area contributed by atoms with Crippen molar-refractivity contribution in [1.82, 2.24) is 9.97 Å². The number of primary sulfonamides is 1. The van der Waals surface area contributed by atoms with Gasteiger partial charge < -0.3 is 15.1 Å². The Kier molecular flexibility index (Phi) is 4.67. The Bertz CT molecular complexity index is 1260. The summed E-state index contributed by atoms with van der Waals surface area (Å²) in [7, 11) is -0.218. The first kappa shape index (κ1) is 19.8. The fraction of sp³-hybridized carbons (Fsp3) is 0.150. The average Bonchev–Trinajstić information content (AvgIpc) is 2.78. The number of sulfonamides is 1. The Hall–Kier alpha value is -3.50. The highest BCUT2D eigenvalue weighted by atomic mass is 32.2. The Balaban J connectivity index is 1.74. The standard InChI is InChI=1S/C20H20N6O3S/c1-12-5-4-6-15-17(12)26(3)18-16(25(2)19(15)27)11-22-20(24-18)23-13-7-9-14(10-8-13)30(21,28)29/h4-11H,1-3H3,(H2,21,28,29)(H,22,23,24). The minimum atomic E-state index is -3.76. The maximum atomic E-state index is 13.0. The Morgan fingerprint density at radius 3 is 2.40 bits per heavy atom. The molecule has 10 heteroatoms. The number of fused-ring (bicyclic) bond motifs is 2. The number of anilines is 5. The second-order valence-electron chi connectivity index (χ2n) is 6.99. The molecule has 0 aliphatic carbocycles. The molecule has 0 fully saturated rings. The van der Waals surface area contributed by atoms with Crippen LogP contribution in [0.2, 0.25) is 0 Å². The quantitative estimate of drug-likeness (QED) is 0.662. The molecule has 1 aromatic heterocycles. The molecular formula is C20H20N6O3S. The number of carbonyl (C=O) groups is 1. The summed E-state index contributed by atoms with van der Waals surface area (Å²) in [6.45, 7) is 1.95. The first-order valence-corrected chi connectivity index (χ1v) is 10.6. The smallest absolute Gasteiger partial charge is 0.260 e. The highest BCUT2D eigenvalue weighted by Crippen LogP contribution is 2.39. The van der Waals surface area contributed by atoms with Crippen LogP contribution in [0.4, 0.5) is 28.8 Å². The lowest BCUT2D eigenvalue weighted by molar-refractivity contribution is 0.0994. The summed E-state index contributed by atoms with van der Waals surface area (Å²) >= 11 is 0. The van der Waals surface area contributed by atoms with Crippen LogP contribution < -0.4 is 20.3 Å².